The molecule has 0 radical (unpaired) electrons. The summed E-state index contributed by atoms with van der Waals surface area (Å²) in [6, 6.07) is 0.551. The number of rotatable bonds is 1. The van der Waals surface area contributed by atoms with E-state index in [1.807, 2.05) is 0 Å². The number of likely N-dealkylation sites (tertiary alicyclic amines) is 1. The van der Waals surface area contributed by atoms with E-state index in [2.05, 4.69) is 39.5 Å². The van der Waals surface area contributed by atoms with Crippen LogP contribution in [0.5, 0.6) is 0 Å². The molecule has 78 valence electrons. The highest BCUT2D eigenvalue weighted by Crippen LogP contribution is 2.33. The molecule has 1 N–H and O–H groups in total. The third-order valence-corrected chi connectivity index (χ3v) is 2.94. The van der Waals surface area contributed by atoms with E-state index in [1.54, 1.807) is 0 Å². The second-order valence-electron chi connectivity index (χ2n) is 5.45. The minimum atomic E-state index is -0.229. The van der Waals surface area contributed by atoms with Crippen molar-refractivity contribution < 1.29 is 5.11 Å². The lowest BCUT2D eigenvalue weighted by molar-refractivity contribution is -0.0502. The molecule has 0 aromatic carbocycles. The molecule has 0 aliphatic carbocycles. The first-order valence-corrected chi connectivity index (χ1v) is 5.30. The highest BCUT2D eigenvalue weighted by Gasteiger charge is 2.40. The van der Waals surface area contributed by atoms with Crippen LogP contribution in [0.3, 0.4) is 0 Å². The third kappa shape index (κ3) is 2.23. The van der Waals surface area contributed by atoms with Crippen molar-refractivity contribution in [3.05, 3.63) is 0 Å². The zero-order valence-corrected chi connectivity index (χ0v) is 9.54. The van der Waals surface area contributed by atoms with Gasteiger partial charge in [-0.1, -0.05) is 13.8 Å². The summed E-state index contributed by atoms with van der Waals surface area (Å²) in [7, 11) is 0. The van der Waals surface area contributed by atoms with Crippen LogP contribution >= 0.6 is 0 Å². The van der Waals surface area contributed by atoms with Gasteiger partial charge in [-0.25, -0.2) is 0 Å². The Morgan fingerprint density at radius 3 is 2.08 bits per heavy atom. The van der Waals surface area contributed by atoms with Crippen LogP contribution in [0.2, 0.25) is 0 Å². The molecule has 1 fully saturated rings. The molecule has 0 aromatic heterocycles. The fourth-order valence-corrected chi connectivity index (χ4v) is 2.42. The third-order valence-electron chi connectivity index (χ3n) is 2.94. The van der Waals surface area contributed by atoms with Crippen LogP contribution in [-0.4, -0.2) is 27.8 Å². The Morgan fingerprint density at radius 1 is 1.23 bits per heavy atom. The lowest BCUT2D eigenvalue weighted by Crippen LogP contribution is -2.50. The van der Waals surface area contributed by atoms with Gasteiger partial charge in [0.2, 0.25) is 0 Å². The van der Waals surface area contributed by atoms with Crippen LogP contribution in [0.25, 0.3) is 0 Å². The van der Waals surface area contributed by atoms with E-state index >= 15 is 0 Å². The van der Waals surface area contributed by atoms with Gasteiger partial charge in [-0.05, 0) is 39.5 Å². The van der Waals surface area contributed by atoms with Crippen LogP contribution in [0.1, 0.15) is 47.5 Å². The first-order chi connectivity index (χ1) is 5.84. The maximum atomic E-state index is 9.87. The SMILES string of the molecule is CC(C)[C@H]1CCC(O)N1C(C)(C)C. The van der Waals surface area contributed by atoms with Crippen LogP contribution in [0.15, 0.2) is 0 Å². The van der Waals surface area contributed by atoms with Crippen LogP contribution < -0.4 is 0 Å². The predicted molar refractivity (Wildman–Crippen MR) is 55.5 cm³/mol. The van der Waals surface area contributed by atoms with Crippen molar-refractivity contribution in [2.75, 3.05) is 0 Å². The molecule has 0 saturated carbocycles. The summed E-state index contributed by atoms with van der Waals surface area (Å²) in [5, 5.41) is 9.87. The van der Waals surface area contributed by atoms with Crippen molar-refractivity contribution in [1.29, 1.82) is 0 Å². The van der Waals surface area contributed by atoms with E-state index in [1.165, 1.54) is 0 Å². The number of aliphatic hydroxyl groups is 1. The van der Waals surface area contributed by atoms with Crippen molar-refractivity contribution in [2.45, 2.75) is 65.3 Å². The predicted octanol–water partition coefficient (Wildman–Crippen LogP) is 2.22. The second-order valence-corrected chi connectivity index (χ2v) is 5.45. The molecule has 1 saturated heterocycles. The molecule has 13 heavy (non-hydrogen) atoms. The molecule has 0 amide bonds. The van der Waals surface area contributed by atoms with E-state index in [0.29, 0.717) is 12.0 Å². The molecule has 1 heterocycles. The Bertz CT molecular complexity index is 171. The van der Waals surface area contributed by atoms with E-state index in [0.717, 1.165) is 12.8 Å². The first kappa shape index (κ1) is 11.0. The van der Waals surface area contributed by atoms with Crippen molar-refractivity contribution in [3.8, 4) is 0 Å². The number of nitrogens with zero attached hydrogens (tertiary/aromatic N) is 1. The van der Waals surface area contributed by atoms with Gasteiger partial charge in [0.1, 0.15) is 6.23 Å². The maximum absolute atomic E-state index is 9.87. The Kier molecular flexibility index (Phi) is 3.03. The van der Waals surface area contributed by atoms with E-state index in [4.69, 9.17) is 0 Å². The zero-order chi connectivity index (χ0) is 10.2. The Balaban J connectivity index is 2.77. The molecule has 1 aliphatic heterocycles. The summed E-state index contributed by atoms with van der Waals surface area (Å²) in [6.45, 7) is 11.0. The average Bonchev–Trinajstić information content (AvgIpc) is 2.28. The Hall–Kier alpha value is -0.0800. The Morgan fingerprint density at radius 2 is 1.77 bits per heavy atom. The molecule has 0 aromatic rings. The van der Waals surface area contributed by atoms with E-state index in [9.17, 15) is 5.11 Å². The van der Waals surface area contributed by atoms with Gasteiger partial charge in [-0.3, -0.25) is 4.90 Å². The van der Waals surface area contributed by atoms with Crippen molar-refractivity contribution in [3.63, 3.8) is 0 Å². The van der Waals surface area contributed by atoms with E-state index < -0.39 is 0 Å². The van der Waals surface area contributed by atoms with Crippen molar-refractivity contribution >= 4 is 0 Å². The second kappa shape index (κ2) is 3.58. The molecular formula is C11H23NO. The van der Waals surface area contributed by atoms with Gasteiger partial charge in [-0.2, -0.15) is 0 Å². The fraction of sp³-hybridized carbons (Fsp3) is 1.00. The van der Waals surface area contributed by atoms with Gasteiger partial charge in [0.15, 0.2) is 0 Å². The molecule has 2 heteroatoms. The van der Waals surface area contributed by atoms with Gasteiger partial charge in [0.25, 0.3) is 0 Å². The fourth-order valence-electron chi connectivity index (χ4n) is 2.42. The van der Waals surface area contributed by atoms with Gasteiger partial charge in [0.05, 0.1) is 0 Å². The molecule has 2 atom stereocenters. The lowest BCUT2D eigenvalue weighted by atomic mass is 9.97. The van der Waals surface area contributed by atoms with Gasteiger partial charge in [-0.15, -0.1) is 0 Å². The smallest absolute Gasteiger partial charge is 0.108 e. The summed E-state index contributed by atoms with van der Waals surface area (Å²) < 4.78 is 0. The highest BCUT2D eigenvalue weighted by molar-refractivity contribution is 4.91. The zero-order valence-electron chi connectivity index (χ0n) is 9.54. The minimum absolute atomic E-state index is 0.0881. The summed E-state index contributed by atoms with van der Waals surface area (Å²) in [6.07, 6.45) is 1.84. The van der Waals surface area contributed by atoms with Gasteiger partial charge in [0, 0.05) is 11.6 Å². The monoisotopic (exact) mass is 185 g/mol. The van der Waals surface area contributed by atoms with Gasteiger partial charge < -0.3 is 5.11 Å². The van der Waals surface area contributed by atoms with Crippen LogP contribution in [-0.2, 0) is 0 Å². The van der Waals surface area contributed by atoms with Crippen molar-refractivity contribution in [2.24, 2.45) is 5.92 Å². The molecule has 1 aliphatic rings. The summed E-state index contributed by atoms with van der Waals surface area (Å²) in [4.78, 5) is 2.26. The molecule has 0 spiro atoms. The number of hydrogen-bond donors (Lipinski definition) is 1. The van der Waals surface area contributed by atoms with Crippen LogP contribution in [0, 0.1) is 5.92 Å². The minimum Gasteiger partial charge on any atom is -0.378 e. The highest BCUT2D eigenvalue weighted by atomic mass is 16.3. The van der Waals surface area contributed by atoms with Crippen LogP contribution in [0.4, 0.5) is 0 Å². The Labute approximate surface area is 81.9 Å². The molecule has 2 nitrogen and oxygen atoms in total. The largest absolute Gasteiger partial charge is 0.378 e. The number of hydrogen-bond acceptors (Lipinski definition) is 2. The quantitative estimate of drug-likeness (QED) is 0.677. The lowest BCUT2D eigenvalue weighted by Gasteiger charge is -2.40. The summed E-state index contributed by atoms with van der Waals surface area (Å²) in [5.74, 6) is 0.636. The normalized spacial score (nSPS) is 31.6. The molecule has 1 unspecified atom stereocenters. The number of aliphatic hydroxyl groups excluding tert-OH is 1. The molecule has 1 rings (SSSR count). The van der Waals surface area contributed by atoms with E-state index in [-0.39, 0.29) is 11.8 Å². The maximum Gasteiger partial charge on any atom is 0.108 e. The van der Waals surface area contributed by atoms with Crippen molar-refractivity contribution in [1.82, 2.24) is 4.90 Å². The van der Waals surface area contributed by atoms with Gasteiger partial charge >= 0.3 is 0 Å². The summed E-state index contributed by atoms with van der Waals surface area (Å²) >= 11 is 0. The first-order valence-electron chi connectivity index (χ1n) is 5.30. The molecular weight excluding hydrogens is 162 g/mol. The topological polar surface area (TPSA) is 23.5 Å². The molecule has 0 bridgehead atoms. The average molecular weight is 185 g/mol. The standard InChI is InChI=1S/C11H23NO/c1-8(2)9-6-7-10(13)12(9)11(3,4)5/h8-10,13H,6-7H2,1-5H3/t9-,10?/m1/s1. The summed E-state index contributed by atoms with van der Waals surface area (Å²) in [5.41, 5.74) is 0.0881.